The first-order valence-electron chi connectivity index (χ1n) is 3.54. The summed E-state index contributed by atoms with van der Waals surface area (Å²) in [4.78, 5) is 0. The first-order valence-corrected chi connectivity index (χ1v) is 3.54. The van der Waals surface area contributed by atoms with E-state index in [4.69, 9.17) is 0 Å². The van der Waals surface area contributed by atoms with Gasteiger partial charge in [-0.05, 0) is 36.5 Å². The summed E-state index contributed by atoms with van der Waals surface area (Å²) in [5, 5.41) is 0. The van der Waals surface area contributed by atoms with Crippen molar-refractivity contribution in [2.75, 3.05) is 0 Å². The molecule has 0 nitrogen and oxygen atoms in total. The molecular formula is C9H8F. The highest BCUT2D eigenvalue weighted by Gasteiger charge is 2.25. The summed E-state index contributed by atoms with van der Waals surface area (Å²) in [5.74, 6) is 0.381. The van der Waals surface area contributed by atoms with Crippen LogP contribution < -0.4 is 0 Å². The van der Waals surface area contributed by atoms with Crippen molar-refractivity contribution in [2.24, 2.45) is 0 Å². The quantitative estimate of drug-likeness (QED) is 0.555. The van der Waals surface area contributed by atoms with Crippen LogP contribution in [0, 0.1) is 11.9 Å². The zero-order valence-corrected chi connectivity index (χ0v) is 5.60. The molecule has 2 rings (SSSR count). The minimum atomic E-state index is -0.0926. The van der Waals surface area contributed by atoms with Crippen molar-refractivity contribution in [1.82, 2.24) is 0 Å². The lowest BCUT2D eigenvalue weighted by Gasteiger charge is -1.96. The van der Waals surface area contributed by atoms with E-state index in [-0.39, 0.29) is 5.82 Å². The van der Waals surface area contributed by atoms with Crippen LogP contribution in [0.3, 0.4) is 0 Å². The predicted octanol–water partition coefficient (Wildman–Crippen LogP) is 2.50. The van der Waals surface area contributed by atoms with Crippen LogP contribution in [0.25, 0.3) is 0 Å². The lowest BCUT2D eigenvalue weighted by atomic mass is 10.1. The van der Waals surface area contributed by atoms with E-state index in [9.17, 15) is 4.39 Å². The molecule has 51 valence electrons. The van der Waals surface area contributed by atoms with Crippen LogP contribution in [-0.4, -0.2) is 0 Å². The van der Waals surface area contributed by atoms with Crippen LogP contribution in [0.5, 0.6) is 0 Å². The Labute approximate surface area is 59.7 Å². The van der Waals surface area contributed by atoms with Gasteiger partial charge in [0.05, 0.1) is 0 Å². The Hall–Kier alpha value is -0.850. The molecule has 0 saturated heterocycles. The largest absolute Gasteiger partial charge is 0.207 e. The molecule has 0 bridgehead atoms. The van der Waals surface area contributed by atoms with E-state index in [0.717, 1.165) is 18.4 Å². The fraction of sp³-hybridized carbons (Fsp3) is 0.333. The van der Waals surface area contributed by atoms with Crippen molar-refractivity contribution in [2.45, 2.75) is 18.8 Å². The Morgan fingerprint density at radius 2 is 2.30 bits per heavy atom. The normalized spacial score (nSPS) is 17.3. The fourth-order valence-corrected chi connectivity index (χ4v) is 1.11. The lowest BCUT2D eigenvalue weighted by molar-refractivity contribution is 0.610. The van der Waals surface area contributed by atoms with Gasteiger partial charge in [-0.1, -0.05) is 12.1 Å². The summed E-state index contributed by atoms with van der Waals surface area (Å²) in [6, 6.07) is 7.88. The highest BCUT2D eigenvalue weighted by molar-refractivity contribution is 5.23. The highest BCUT2D eigenvalue weighted by Crippen LogP contribution is 2.40. The molecule has 1 aliphatic carbocycles. The molecule has 0 aliphatic heterocycles. The lowest BCUT2D eigenvalue weighted by Crippen LogP contribution is -1.84. The average molecular weight is 135 g/mol. The van der Waals surface area contributed by atoms with Gasteiger partial charge in [-0.25, -0.2) is 4.39 Å². The van der Waals surface area contributed by atoms with E-state index in [1.165, 1.54) is 6.07 Å². The number of hydrogen-bond donors (Lipinski definition) is 0. The van der Waals surface area contributed by atoms with Crippen LogP contribution in [0.2, 0.25) is 0 Å². The van der Waals surface area contributed by atoms with Crippen molar-refractivity contribution < 1.29 is 4.39 Å². The van der Waals surface area contributed by atoms with Gasteiger partial charge in [0, 0.05) is 0 Å². The van der Waals surface area contributed by atoms with Crippen molar-refractivity contribution in [1.29, 1.82) is 0 Å². The maximum absolute atomic E-state index is 12.8. The molecule has 1 heteroatoms. The molecule has 1 saturated carbocycles. The zero-order valence-electron chi connectivity index (χ0n) is 5.60. The van der Waals surface area contributed by atoms with Crippen molar-refractivity contribution >= 4 is 0 Å². The number of rotatable bonds is 1. The molecule has 0 spiro atoms. The van der Waals surface area contributed by atoms with Crippen LogP contribution in [0.4, 0.5) is 4.39 Å². The zero-order chi connectivity index (χ0) is 6.97. The Kier molecular flexibility index (Phi) is 1.23. The third kappa shape index (κ3) is 0.919. The minimum Gasteiger partial charge on any atom is -0.207 e. The van der Waals surface area contributed by atoms with Crippen molar-refractivity contribution in [3.8, 4) is 0 Å². The van der Waals surface area contributed by atoms with Crippen molar-refractivity contribution in [3.05, 3.63) is 35.6 Å². The smallest absolute Gasteiger partial charge is 0.127 e. The molecule has 1 aliphatic rings. The van der Waals surface area contributed by atoms with E-state index in [2.05, 4.69) is 6.07 Å². The summed E-state index contributed by atoms with van der Waals surface area (Å²) in [7, 11) is 0. The molecule has 0 unspecified atom stereocenters. The molecular weight excluding hydrogens is 127 g/mol. The van der Waals surface area contributed by atoms with E-state index >= 15 is 0 Å². The van der Waals surface area contributed by atoms with E-state index in [0.29, 0.717) is 5.92 Å². The Balaban J connectivity index is 2.39. The van der Waals surface area contributed by atoms with E-state index < -0.39 is 0 Å². The molecule has 0 amide bonds. The fourth-order valence-electron chi connectivity index (χ4n) is 1.11. The van der Waals surface area contributed by atoms with Crippen molar-refractivity contribution in [3.63, 3.8) is 0 Å². The second-order valence-electron chi connectivity index (χ2n) is 2.71. The molecule has 0 atom stereocenters. The van der Waals surface area contributed by atoms with Gasteiger partial charge in [0.2, 0.25) is 0 Å². The SMILES string of the molecule is Fc1ccc[c]c1C1CC1. The Bertz CT molecular complexity index is 238. The topological polar surface area (TPSA) is 0 Å². The summed E-state index contributed by atoms with van der Waals surface area (Å²) >= 11 is 0. The molecule has 0 aromatic heterocycles. The minimum absolute atomic E-state index is 0.0926. The third-order valence-corrected chi connectivity index (χ3v) is 1.82. The molecule has 1 fully saturated rings. The Morgan fingerprint density at radius 1 is 1.50 bits per heavy atom. The monoisotopic (exact) mass is 135 g/mol. The second kappa shape index (κ2) is 2.08. The first-order chi connectivity index (χ1) is 4.88. The highest BCUT2D eigenvalue weighted by atomic mass is 19.1. The Morgan fingerprint density at radius 3 is 2.90 bits per heavy atom. The molecule has 1 radical (unpaired) electrons. The van der Waals surface area contributed by atoms with Gasteiger partial charge in [0.1, 0.15) is 5.82 Å². The van der Waals surface area contributed by atoms with Crippen LogP contribution >= 0.6 is 0 Å². The predicted molar refractivity (Wildman–Crippen MR) is 37.2 cm³/mol. The molecule has 1 aromatic carbocycles. The average Bonchev–Trinajstić information content (AvgIpc) is 2.71. The molecule has 10 heavy (non-hydrogen) atoms. The van der Waals surface area contributed by atoms with Gasteiger partial charge in [-0.15, -0.1) is 0 Å². The van der Waals surface area contributed by atoms with Gasteiger partial charge < -0.3 is 0 Å². The first kappa shape index (κ1) is 5.90. The van der Waals surface area contributed by atoms with Gasteiger partial charge >= 0.3 is 0 Å². The summed E-state index contributed by atoms with van der Waals surface area (Å²) < 4.78 is 12.8. The number of hydrogen-bond acceptors (Lipinski definition) is 0. The summed E-state index contributed by atoms with van der Waals surface area (Å²) in [6.45, 7) is 0. The van der Waals surface area contributed by atoms with Gasteiger partial charge in [-0.3, -0.25) is 0 Å². The van der Waals surface area contributed by atoms with Gasteiger partial charge in [0.15, 0.2) is 0 Å². The van der Waals surface area contributed by atoms with Crippen LogP contribution in [0.1, 0.15) is 24.3 Å². The maximum atomic E-state index is 12.8. The van der Waals surface area contributed by atoms with Gasteiger partial charge in [0.25, 0.3) is 0 Å². The van der Waals surface area contributed by atoms with E-state index in [1.807, 2.05) is 0 Å². The van der Waals surface area contributed by atoms with Crippen LogP contribution in [0.15, 0.2) is 18.2 Å². The number of halogens is 1. The number of benzene rings is 1. The van der Waals surface area contributed by atoms with Crippen LogP contribution in [-0.2, 0) is 0 Å². The standard InChI is InChI=1S/C9H8F/c10-9-4-2-1-3-8(9)7-5-6-7/h1-2,4,7H,5-6H2. The molecule has 0 heterocycles. The maximum Gasteiger partial charge on any atom is 0.127 e. The summed E-state index contributed by atoms with van der Waals surface area (Å²) in [6.07, 6.45) is 2.27. The molecule has 0 N–H and O–H groups in total. The second-order valence-corrected chi connectivity index (χ2v) is 2.71. The summed E-state index contributed by atoms with van der Waals surface area (Å²) in [5.41, 5.74) is 0.780. The molecule has 1 aromatic rings. The third-order valence-electron chi connectivity index (χ3n) is 1.82. The van der Waals surface area contributed by atoms with E-state index in [1.54, 1.807) is 12.1 Å². The van der Waals surface area contributed by atoms with Gasteiger partial charge in [-0.2, -0.15) is 0 Å².